The van der Waals surface area contributed by atoms with Crippen molar-refractivity contribution in [1.82, 2.24) is 5.32 Å². The lowest BCUT2D eigenvalue weighted by molar-refractivity contribution is -0.125. The van der Waals surface area contributed by atoms with Crippen molar-refractivity contribution < 1.29 is 9.59 Å². The van der Waals surface area contributed by atoms with Crippen LogP contribution in [0.4, 0.5) is 0 Å². The lowest BCUT2D eigenvalue weighted by Crippen LogP contribution is -2.34. The van der Waals surface area contributed by atoms with Crippen LogP contribution in [0.1, 0.15) is 19.3 Å². The fourth-order valence-corrected chi connectivity index (χ4v) is 1.38. The first-order valence-corrected chi connectivity index (χ1v) is 4.01. The number of nitrogens with one attached hydrogen (secondary N) is 1. The van der Waals surface area contributed by atoms with Gasteiger partial charge in [-0.1, -0.05) is 0 Å². The van der Waals surface area contributed by atoms with Crippen molar-refractivity contribution >= 4 is 12.1 Å². The fraction of sp³-hybridized carbons (Fsp3) is 0.750. The van der Waals surface area contributed by atoms with Gasteiger partial charge in [0, 0.05) is 12.5 Å². The fourth-order valence-electron chi connectivity index (χ4n) is 1.38. The van der Waals surface area contributed by atoms with Gasteiger partial charge in [-0.05, 0) is 19.4 Å². The van der Waals surface area contributed by atoms with E-state index in [1.807, 2.05) is 0 Å². The number of rotatable bonds is 3. The zero-order chi connectivity index (χ0) is 8.10. The SMILES string of the molecule is O=CCC(=O)C1CCCNC1. The molecule has 0 radical (unpaired) electrons. The van der Waals surface area contributed by atoms with Crippen LogP contribution in [-0.2, 0) is 9.59 Å². The molecule has 0 aromatic heterocycles. The predicted molar refractivity (Wildman–Crippen MR) is 41.3 cm³/mol. The van der Waals surface area contributed by atoms with Crippen molar-refractivity contribution in [3.8, 4) is 0 Å². The van der Waals surface area contributed by atoms with Gasteiger partial charge in [-0.15, -0.1) is 0 Å². The summed E-state index contributed by atoms with van der Waals surface area (Å²) in [6, 6.07) is 0. The predicted octanol–water partition coefficient (Wildman–Crippen LogP) is 0.144. The molecule has 1 heterocycles. The molecular formula is C8H13NO2. The van der Waals surface area contributed by atoms with Crippen LogP contribution in [0, 0.1) is 5.92 Å². The molecule has 1 aliphatic heterocycles. The maximum atomic E-state index is 11.1. The molecule has 0 aliphatic carbocycles. The minimum absolute atomic E-state index is 0.0896. The Morgan fingerprint density at radius 2 is 2.45 bits per heavy atom. The maximum Gasteiger partial charge on any atom is 0.144 e. The third kappa shape index (κ3) is 2.42. The lowest BCUT2D eigenvalue weighted by Gasteiger charge is -2.20. The van der Waals surface area contributed by atoms with Crippen molar-refractivity contribution in [2.24, 2.45) is 5.92 Å². The molecule has 1 aliphatic rings. The van der Waals surface area contributed by atoms with E-state index in [2.05, 4.69) is 5.32 Å². The van der Waals surface area contributed by atoms with Gasteiger partial charge in [0.2, 0.25) is 0 Å². The molecule has 1 fully saturated rings. The normalized spacial score (nSPS) is 24.5. The first-order valence-electron chi connectivity index (χ1n) is 4.01. The summed E-state index contributed by atoms with van der Waals surface area (Å²) >= 11 is 0. The molecule has 1 atom stereocenters. The Labute approximate surface area is 66.2 Å². The van der Waals surface area contributed by atoms with Gasteiger partial charge in [-0.3, -0.25) is 4.79 Å². The van der Waals surface area contributed by atoms with E-state index < -0.39 is 0 Å². The molecular weight excluding hydrogens is 142 g/mol. The number of aldehydes is 1. The summed E-state index contributed by atoms with van der Waals surface area (Å²) in [5, 5.41) is 3.14. The van der Waals surface area contributed by atoms with E-state index in [9.17, 15) is 9.59 Å². The second-order valence-corrected chi connectivity index (χ2v) is 2.88. The molecule has 0 amide bonds. The monoisotopic (exact) mass is 155 g/mol. The molecule has 1 saturated heterocycles. The Balaban J connectivity index is 2.32. The molecule has 0 aromatic rings. The Bertz CT molecular complexity index is 150. The van der Waals surface area contributed by atoms with E-state index in [0.717, 1.165) is 25.9 Å². The van der Waals surface area contributed by atoms with Crippen LogP contribution >= 0.6 is 0 Å². The molecule has 1 unspecified atom stereocenters. The molecule has 3 nitrogen and oxygen atoms in total. The Morgan fingerprint density at radius 1 is 1.64 bits per heavy atom. The number of carbonyl (C=O) groups is 2. The quantitative estimate of drug-likeness (QED) is 0.466. The molecule has 3 heteroatoms. The first kappa shape index (κ1) is 8.40. The van der Waals surface area contributed by atoms with Gasteiger partial charge in [0.1, 0.15) is 12.1 Å². The Hall–Kier alpha value is -0.700. The highest BCUT2D eigenvalue weighted by molar-refractivity contribution is 5.91. The molecule has 0 bridgehead atoms. The summed E-state index contributed by atoms with van der Waals surface area (Å²) < 4.78 is 0. The number of carbonyl (C=O) groups excluding carboxylic acids is 2. The van der Waals surface area contributed by atoms with Crippen molar-refractivity contribution in [2.75, 3.05) is 13.1 Å². The van der Waals surface area contributed by atoms with Crippen molar-refractivity contribution in [2.45, 2.75) is 19.3 Å². The highest BCUT2D eigenvalue weighted by Crippen LogP contribution is 2.11. The summed E-state index contributed by atoms with van der Waals surface area (Å²) in [6.45, 7) is 1.76. The topological polar surface area (TPSA) is 46.2 Å². The molecule has 1 rings (SSSR count). The smallest absolute Gasteiger partial charge is 0.144 e. The van der Waals surface area contributed by atoms with Gasteiger partial charge in [0.05, 0.1) is 6.42 Å². The largest absolute Gasteiger partial charge is 0.316 e. The Kier molecular flexibility index (Phi) is 3.23. The van der Waals surface area contributed by atoms with Gasteiger partial charge in [0.15, 0.2) is 0 Å². The van der Waals surface area contributed by atoms with E-state index in [1.165, 1.54) is 0 Å². The van der Waals surface area contributed by atoms with Crippen LogP contribution in [0.15, 0.2) is 0 Å². The van der Waals surface area contributed by atoms with Crippen LogP contribution in [0.5, 0.6) is 0 Å². The van der Waals surface area contributed by atoms with E-state index in [0.29, 0.717) is 6.29 Å². The van der Waals surface area contributed by atoms with Crippen molar-refractivity contribution in [3.05, 3.63) is 0 Å². The minimum atomic E-state index is 0.0896. The molecule has 1 N–H and O–H groups in total. The Morgan fingerprint density at radius 3 is 3.00 bits per heavy atom. The van der Waals surface area contributed by atoms with Gasteiger partial charge in [0.25, 0.3) is 0 Å². The second-order valence-electron chi connectivity index (χ2n) is 2.88. The average Bonchev–Trinajstić information content (AvgIpc) is 2.07. The summed E-state index contributed by atoms with van der Waals surface area (Å²) in [6.07, 6.45) is 2.78. The summed E-state index contributed by atoms with van der Waals surface area (Å²) in [4.78, 5) is 21.1. The molecule has 0 saturated carbocycles. The first-order chi connectivity index (χ1) is 5.34. The number of ketones is 1. The molecule has 62 valence electrons. The number of Topliss-reactive ketones (excluding diaryl/α,β-unsaturated/α-hetero) is 1. The third-order valence-corrected chi connectivity index (χ3v) is 2.04. The van der Waals surface area contributed by atoms with Crippen molar-refractivity contribution in [3.63, 3.8) is 0 Å². The minimum Gasteiger partial charge on any atom is -0.316 e. The van der Waals surface area contributed by atoms with Gasteiger partial charge in [-0.25, -0.2) is 0 Å². The molecule has 0 spiro atoms. The zero-order valence-electron chi connectivity index (χ0n) is 6.51. The molecule has 0 aromatic carbocycles. The third-order valence-electron chi connectivity index (χ3n) is 2.04. The second kappa shape index (κ2) is 4.23. The number of hydrogen-bond donors (Lipinski definition) is 1. The van der Waals surface area contributed by atoms with E-state index in [1.54, 1.807) is 0 Å². The highest BCUT2D eigenvalue weighted by atomic mass is 16.1. The standard InChI is InChI=1S/C8H13NO2/c10-5-3-8(11)7-2-1-4-9-6-7/h5,7,9H,1-4,6H2. The van der Waals surface area contributed by atoms with Gasteiger partial charge < -0.3 is 10.1 Å². The summed E-state index contributed by atoms with van der Waals surface area (Å²) in [5.41, 5.74) is 0. The van der Waals surface area contributed by atoms with Gasteiger partial charge >= 0.3 is 0 Å². The van der Waals surface area contributed by atoms with E-state index in [-0.39, 0.29) is 18.1 Å². The van der Waals surface area contributed by atoms with Crippen LogP contribution in [0.2, 0.25) is 0 Å². The van der Waals surface area contributed by atoms with Crippen LogP contribution in [-0.4, -0.2) is 25.2 Å². The summed E-state index contributed by atoms with van der Waals surface area (Å²) in [5.74, 6) is 0.182. The van der Waals surface area contributed by atoms with E-state index >= 15 is 0 Å². The van der Waals surface area contributed by atoms with Crippen molar-refractivity contribution in [1.29, 1.82) is 0 Å². The zero-order valence-corrected chi connectivity index (χ0v) is 6.51. The highest BCUT2D eigenvalue weighted by Gasteiger charge is 2.19. The number of piperidine rings is 1. The average molecular weight is 155 g/mol. The summed E-state index contributed by atoms with van der Waals surface area (Å²) in [7, 11) is 0. The van der Waals surface area contributed by atoms with Crippen LogP contribution in [0.3, 0.4) is 0 Å². The van der Waals surface area contributed by atoms with E-state index in [4.69, 9.17) is 0 Å². The van der Waals surface area contributed by atoms with Gasteiger partial charge in [-0.2, -0.15) is 0 Å². The lowest BCUT2D eigenvalue weighted by atomic mass is 9.94. The maximum absolute atomic E-state index is 11.1. The van der Waals surface area contributed by atoms with Crippen LogP contribution in [0.25, 0.3) is 0 Å². The van der Waals surface area contributed by atoms with Crippen LogP contribution < -0.4 is 5.32 Å². The molecule has 11 heavy (non-hydrogen) atoms. The number of hydrogen-bond acceptors (Lipinski definition) is 3.